The molecule has 0 saturated heterocycles. The SMILES string of the molecule is O=C(O)CCCCCCCCCCCCCCCCCCCC(C(=O)O)([N+](=O)[O-])[N+](=O)[O-]. The molecule has 0 aromatic rings. The van der Waals surface area contributed by atoms with Gasteiger partial charge in [-0.1, -0.05) is 96.3 Å². The molecule has 32 heavy (non-hydrogen) atoms. The Morgan fingerprint density at radius 3 is 1.09 bits per heavy atom. The fraction of sp³-hybridized carbons (Fsp3) is 0.909. The average Bonchev–Trinajstić information content (AvgIpc) is 2.71. The molecule has 0 amide bonds. The van der Waals surface area contributed by atoms with Crippen molar-refractivity contribution < 1.29 is 29.6 Å². The van der Waals surface area contributed by atoms with Gasteiger partial charge < -0.3 is 10.2 Å². The van der Waals surface area contributed by atoms with E-state index < -0.39 is 33.9 Å². The Hall–Kier alpha value is -2.26. The third-order valence-electron chi connectivity index (χ3n) is 5.86. The van der Waals surface area contributed by atoms with Crippen LogP contribution in [0, 0.1) is 20.2 Å². The molecule has 0 saturated carbocycles. The first-order valence-electron chi connectivity index (χ1n) is 12.0. The van der Waals surface area contributed by atoms with E-state index in [0.717, 1.165) is 44.9 Å². The maximum absolute atomic E-state index is 11.0. The zero-order valence-corrected chi connectivity index (χ0v) is 19.2. The summed E-state index contributed by atoms with van der Waals surface area (Å²) in [5.74, 6) is -2.72. The van der Waals surface area contributed by atoms with Crippen LogP contribution in [-0.4, -0.2) is 37.7 Å². The third kappa shape index (κ3) is 13.2. The van der Waals surface area contributed by atoms with E-state index in [9.17, 15) is 29.8 Å². The summed E-state index contributed by atoms with van der Waals surface area (Å²) in [6.07, 6.45) is 17.0. The first-order chi connectivity index (χ1) is 15.2. The van der Waals surface area contributed by atoms with Crippen molar-refractivity contribution in [3.05, 3.63) is 20.2 Å². The van der Waals surface area contributed by atoms with Crippen molar-refractivity contribution >= 4 is 11.9 Å². The van der Waals surface area contributed by atoms with Crippen LogP contribution in [0.25, 0.3) is 0 Å². The second kappa shape index (κ2) is 18.3. The number of nitrogens with zero attached hydrogens (tertiary/aromatic N) is 2. The Bertz CT molecular complexity index is 532. The van der Waals surface area contributed by atoms with Crippen LogP contribution >= 0.6 is 0 Å². The summed E-state index contributed by atoms with van der Waals surface area (Å²) in [6, 6.07) is 0. The first kappa shape index (κ1) is 29.7. The van der Waals surface area contributed by atoms with Crippen molar-refractivity contribution in [3.8, 4) is 0 Å². The summed E-state index contributed by atoms with van der Waals surface area (Å²) in [5.41, 5.74) is -3.12. The smallest absolute Gasteiger partial charge is 0.481 e. The number of aliphatic carboxylic acids is 2. The molecule has 0 aromatic carbocycles. The number of nitro groups is 2. The van der Waals surface area contributed by atoms with Crippen molar-refractivity contribution in [3.63, 3.8) is 0 Å². The fourth-order valence-electron chi connectivity index (χ4n) is 3.81. The van der Waals surface area contributed by atoms with Crippen LogP contribution < -0.4 is 0 Å². The quantitative estimate of drug-likeness (QED) is 0.0834. The number of carboxylic acid groups (broad SMARTS) is 2. The summed E-state index contributed by atoms with van der Waals surface area (Å²) in [5, 5.41) is 39.3. The summed E-state index contributed by atoms with van der Waals surface area (Å²) >= 11 is 0. The predicted molar refractivity (Wildman–Crippen MR) is 120 cm³/mol. The van der Waals surface area contributed by atoms with Gasteiger partial charge in [0.1, 0.15) is 16.3 Å². The van der Waals surface area contributed by atoms with Crippen LogP contribution in [0.2, 0.25) is 0 Å². The number of hydrogen-bond donors (Lipinski definition) is 2. The molecule has 10 nitrogen and oxygen atoms in total. The average molecular weight is 461 g/mol. The van der Waals surface area contributed by atoms with E-state index in [1.165, 1.54) is 51.4 Å². The van der Waals surface area contributed by atoms with Crippen LogP contribution in [-0.2, 0) is 9.59 Å². The molecule has 0 bridgehead atoms. The minimum atomic E-state index is -3.12. The highest BCUT2D eigenvalue weighted by Gasteiger charge is 2.64. The van der Waals surface area contributed by atoms with Gasteiger partial charge in [0.05, 0.1) is 0 Å². The first-order valence-corrected chi connectivity index (χ1v) is 12.0. The van der Waals surface area contributed by atoms with E-state index in [1.54, 1.807) is 0 Å². The Morgan fingerprint density at radius 1 is 0.562 bits per heavy atom. The summed E-state index contributed by atoms with van der Waals surface area (Å²) in [4.78, 5) is 40.6. The van der Waals surface area contributed by atoms with E-state index in [0.29, 0.717) is 6.42 Å². The van der Waals surface area contributed by atoms with Crippen LogP contribution in [0.4, 0.5) is 0 Å². The van der Waals surface area contributed by atoms with E-state index >= 15 is 0 Å². The standard InChI is InChI=1S/C22H40N2O8/c25-20(26)18-16-14-12-10-8-6-4-2-1-3-5-7-9-11-13-15-17-19-22(21(27)28,23(29)30)24(31)32/h1-19H2,(H,25,26)(H,27,28). The lowest BCUT2D eigenvalue weighted by Crippen LogP contribution is -2.53. The van der Waals surface area contributed by atoms with E-state index in [-0.39, 0.29) is 12.8 Å². The molecule has 0 radical (unpaired) electrons. The molecule has 0 rings (SSSR count). The number of rotatable bonds is 23. The van der Waals surface area contributed by atoms with Crippen molar-refractivity contribution in [1.29, 1.82) is 0 Å². The van der Waals surface area contributed by atoms with Gasteiger partial charge in [0.25, 0.3) is 0 Å². The van der Waals surface area contributed by atoms with Crippen LogP contribution in [0.1, 0.15) is 122 Å². The topological polar surface area (TPSA) is 161 Å². The predicted octanol–water partition coefficient (Wildman–Crippen LogP) is 5.82. The van der Waals surface area contributed by atoms with E-state index in [1.807, 2.05) is 0 Å². The maximum Gasteiger partial charge on any atom is 0.552 e. The summed E-state index contributed by atoms with van der Waals surface area (Å²) in [7, 11) is 0. The monoisotopic (exact) mass is 460 g/mol. The molecule has 186 valence electrons. The van der Waals surface area contributed by atoms with Crippen molar-refractivity contribution in [1.82, 2.24) is 0 Å². The highest BCUT2D eigenvalue weighted by molar-refractivity contribution is 5.74. The van der Waals surface area contributed by atoms with Crippen LogP contribution in [0.15, 0.2) is 0 Å². The molecule has 10 heteroatoms. The van der Waals surface area contributed by atoms with Crippen molar-refractivity contribution in [2.45, 2.75) is 128 Å². The Kier molecular flexibility index (Phi) is 17.0. The summed E-state index contributed by atoms with van der Waals surface area (Å²) in [6.45, 7) is 0. The zero-order valence-electron chi connectivity index (χ0n) is 19.2. The van der Waals surface area contributed by atoms with E-state index in [4.69, 9.17) is 10.2 Å². The van der Waals surface area contributed by atoms with Crippen LogP contribution in [0.3, 0.4) is 0 Å². The maximum atomic E-state index is 11.0. The highest BCUT2D eigenvalue weighted by atomic mass is 16.7. The van der Waals surface area contributed by atoms with Gasteiger partial charge in [-0.15, -0.1) is 0 Å². The molecular weight excluding hydrogens is 420 g/mol. The van der Waals surface area contributed by atoms with Gasteiger partial charge in [0, 0.05) is 6.42 Å². The molecule has 0 aliphatic heterocycles. The molecule has 0 aromatic heterocycles. The number of unbranched alkanes of at least 4 members (excludes halogenated alkanes) is 16. The minimum Gasteiger partial charge on any atom is -0.481 e. The molecule has 0 unspecified atom stereocenters. The van der Waals surface area contributed by atoms with Gasteiger partial charge in [-0.2, -0.15) is 0 Å². The number of carbonyl (C=O) groups is 2. The summed E-state index contributed by atoms with van der Waals surface area (Å²) < 4.78 is 0. The number of carboxylic acids is 2. The number of hydrogen-bond acceptors (Lipinski definition) is 6. The lowest BCUT2D eigenvalue weighted by atomic mass is 10.0. The molecule has 0 fully saturated rings. The minimum absolute atomic E-state index is 0.149. The lowest BCUT2D eigenvalue weighted by Gasteiger charge is -2.12. The molecule has 0 spiro atoms. The fourth-order valence-corrected chi connectivity index (χ4v) is 3.81. The van der Waals surface area contributed by atoms with Gasteiger partial charge in [-0.3, -0.25) is 25.0 Å². The largest absolute Gasteiger partial charge is 0.552 e. The van der Waals surface area contributed by atoms with Crippen molar-refractivity contribution in [2.75, 3.05) is 0 Å². The third-order valence-corrected chi connectivity index (χ3v) is 5.86. The second-order valence-corrected chi connectivity index (χ2v) is 8.54. The normalized spacial score (nSPS) is 11.4. The van der Waals surface area contributed by atoms with Crippen molar-refractivity contribution in [2.24, 2.45) is 0 Å². The molecule has 2 N–H and O–H groups in total. The zero-order chi connectivity index (χ0) is 24.2. The Balaban J connectivity index is 3.48. The van der Waals surface area contributed by atoms with Gasteiger partial charge >= 0.3 is 17.6 Å². The lowest BCUT2D eigenvalue weighted by molar-refractivity contribution is -0.779. The molecule has 0 atom stereocenters. The van der Waals surface area contributed by atoms with Gasteiger partial charge in [-0.05, 0) is 12.8 Å². The van der Waals surface area contributed by atoms with E-state index in [2.05, 4.69) is 0 Å². The Morgan fingerprint density at radius 2 is 0.844 bits per heavy atom. The Labute approximate surface area is 190 Å². The molecule has 0 aliphatic rings. The molecule has 0 aliphatic carbocycles. The highest BCUT2D eigenvalue weighted by Crippen LogP contribution is 2.21. The van der Waals surface area contributed by atoms with Crippen LogP contribution in [0.5, 0.6) is 0 Å². The second-order valence-electron chi connectivity index (χ2n) is 8.54. The molecule has 0 heterocycles. The molecular formula is C22H40N2O8. The van der Waals surface area contributed by atoms with Gasteiger partial charge in [0.15, 0.2) is 0 Å². The van der Waals surface area contributed by atoms with Gasteiger partial charge in [0.2, 0.25) is 0 Å². The van der Waals surface area contributed by atoms with Gasteiger partial charge in [-0.25, -0.2) is 4.79 Å².